The van der Waals surface area contributed by atoms with Crippen molar-refractivity contribution in [2.75, 3.05) is 4.90 Å². The number of benzene rings is 2. The molecular weight excluding hydrogens is 306 g/mol. The van der Waals surface area contributed by atoms with Gasteiger partial charge in [-0.05, 0) is 55.3 Å². The molecule has 2 aromatic rings. The van der Waals surface area contributed by atoms with Crippen LogP contribution in [0.2, 0.25) is 0 Å². The summed E-state index contributed by atoms with van der Waals surface area (Å²) in [6.45, 7) is 3.92. The van der Waals surface area contributed by atoms with E-state index >= 15 is 0 Å². The molecule has 0 radical (unpaired) electrons. The van der Waals surface area contributed by atoms with E-state index in [1.807, 2.05) is 19.9 Å². The molecule has 0 atom stereocenters. The van der Waals surface area contributed by atoms with Gasteiger partial charge in [0.15, 0.2) is 0 Å². The highest BCUT2D eigenvalue weighted by atomic mass is 16.5. The first kappa shape index (κ1) is 15.9. The van der Waals surface area contributed by atoms with Crippen LogP contribution in [-0.4, -0.2) is 17.8 Å². The number of esters is 1. The molecule has 24 heavy (non-hydrogen) atoms. The van der Waals surface area contributed by atoms with Gasteiger partial charge < -0.3 is 4.74 Å². The van der Waals surface area contributed by atoms with Gasteiger partial charge in [0.1, 0.15) is 5.75 Å². The van der Waals surface area contributed by atoms with Crippen molar-refractivity contribution in [2.45, 2.75) is 26.7 Å². The number of hydrogen-bond acceptors (Lipinski definition) is 4. The third-order valence-corrected chi connectivity index (χ3v) is 4.08. The molecule has 1 saturated heterocycles. The monoisotopic (exact) mass is 323 g/mol. The van der Waals surface area contributed by atoms with Crippen LogP contribution in [0.5, 0.6) is 5.75 Å². The van der Waals surface area contributed by atoms with Crippen molar-refractivity contribution < 1.29 is 19.1 Å². The normalized spacial score (nSPS) is 14.2. The molecule has 0 aliphatic carbocycles. The molecule has 1 aliphatic heterocycles. The van der Waals surface area contributed by atoms with Crippen LogP contribution < -0.4 is 9.64 Å². The second kappa shape index (κ2) is 6.28. The molecule has 1 fully saturated rings. The summed E-state index contributed by atoms with van der Waals surface area (Å²) >= 11 is 0. The standard InChI is InChI=1S/C19H17NO4/c1-12-6-7-16(10-13(12)2)24-19(23)14-4-3-5-15(11-14)20-17(21)8-9-18(20)22/h3-7,10-11H,8-9H2,1-2H3. The second-order valence-electron chi connectivity index (χ2n) is 5.81. The average Bonchev–Trinajstić information content (AvgIpc) is 2.90. The zero-order valence-electron chi connectivity index (χ0n) is 13.5. The van der Waals surface area contributed by atoms with Crippen LogP contribution in [0.3, 0.4) is 0 Å². The van der Waals surface area contributed by atoms with Crippen LogP contribution in [0.25, 0.3) is 0 Å². The molecule has 0 unspecified atom stereocenters. The Morgan fingerprint density at radius 3 is 2.33 bits per heavy atom. The molecule has 2 aromatic carbocycles. The largest absolute Gasteiger partial charge is 0.423 e. The predicted octanol–water partition coefficient (Wildman–Crippen LogP) is 3.18. The summed E-state index contributed by atoms with van der Waals surface area (Å²) in [5.74, 6) is -0.569. The van der Waals surface area contributed by atoms with Gasteiger partial charge >= 0.3 is 5.97 Å². The molecular formula is C19H17NO4. The van der Waals surface area contributed by atoms with E-state index in [0.29, 0.717) is 17.0 Å². The fraction of sp³-hybridized carbons (Fsp3) is 0.211. The Morgan fingerprint density at radius 2 is 1.67 bits per heavy atom. The Bertz CT molecular complexity index is 825. The Balaban J connectivity index is 1.83. The molecule has 3 rings (SSSR count). The van der Waals surface area contributed by atoms with Gasteiger partial charge in [0.05, 0.1) is 11.3 Å². The van der Waals surface area contributed by atoms with E-state index in [9.17, 15) is 14.4 Å². The van der Waals surface area contributed by atoms with Crippen molar-refractivity contribution in [3.8, 4) is 5.75 Å². The molecule has 2 amide bonds. The minimum Gasteiger partial charge on any atom is -0.423 e. The lowest BCUT2D eigenvalue weighted by atomic mass is 10.1. The third kappa shape index (κ3) is 3.06. The Labute approximate surface area is 139 Å². The summed E-state index contributed by atoms with van der Waals surface area (Å²) in [4.78, 5) is 37.1. The topological polar surface area (TPSA) is 63.7 Å². The highest BCUT2D eigenvalue weighted by molar-refractivity contribution is 6.20. The predicted molar refractivity (Wildman–Crippen MR) is 89.0 cm³/mol. The van der Waals surface area contributed by atoms with Crippen molar-refractivity contribution in [3.05, 3.63) is 59.2 Å². The number of amides is 2. The lowest BCUT2D eigenvalue weighted by Gasteiger charge is -2.14. The highest BCUT2D eigenvalue weighted by Gasteiger charge is 2.30. The maximum Gasteiger partial charge on any atom is 0.343 e. The number of carbonyl (C=O) groups is 3. The lowest BCUT2D eigenvalue weighted by molar-refractivity contribution is -0.121. The van der Waals surface area contributed by atoms with Crippen LogP contribution in [0.15, 0.2) is 42.5 Å². The van der Waals surface area contributed by atoms with Gasteiger partial charge in [-0.3, -0.25) is 14.5 Å². The fourth-order valence-corrected chi connectivity index (χ4v) is 2.58. The number of hydrogen-bond donors (Lipinski definition) is 0. The van der Waals surface area contributed by atoms with Gasteiger partial charge in [0.25, 0.3) is 0 Å². The summed E-state index contributed by atoms with van der Waals surface area (Å²) in [6, 6.07) is 11.8. The van der Waals surface area contributed by atoms with Crippen molar-refractivity contribution in [2.24, 2.45) is 0 Å². The third-order valence-electron chi connectivity index (χ3n) is 4.08. The number of nitrogens with zero attached hydrogens (tertiary/aromatic N) is 1. The molecule has 0 N–H and O–H groups in total. The zero-order chi connectivity index (χ0) is 17.3. The lowest BCUT2D eigenvalue weighted by Crippen LogP contribution is -2.28. The first-order chi connectivity index (χ1) is 11.5. The number of ether oxygens (including phenoxy) is 1. The maximum absolute atomic E-state index is 12.3. The maximum atomic E-state index is 12.3. The summed E-state index contributed by atoms with van der Waals surface area (Å²) < 4.78 is 5.38. The summed E-state index contributed by atoms with van der Waals surface area (Å²) in [7, 11) is 0. The molecule has 122 valence electrons. The molecule has 1 aliphatic rings. The van der Waals surface area contributed by atoms with Crippen LogP contribution in [0, 0.1) is 13.8 Å². The van der Waals surface area contributed by atoms with Crippen LogP contribution in [0.4, 0.5) is 5.69 Å². The molecule has 0 spiro atoms. The number of imide groups is 1. The Morgan fingerprint density at radius 1 is 0.958 bits per heavy atom. The van der Waals surface area contributed by atoms with Crippen LogP contribution in [0.1, 0.15) is 34.3 Å². The molecule has 0 aromatic heterocycles. The van der Waals surface area contributed by atoms with E-state index in [0.717, 1.165) is 16.0 Å². The summed E-state index contributed by atoms with van der Waals surface area (Å²) in [5, 5.41) is 0. The summed E-state index contributed by atoms with van der Waals surface area (Å²) in [5.41, 5.74) is 2.83. The first-order valence-corrected chi connectivity index (χ1v) is 7.71. The fourth-order valence-electron chi connectivity index (χ4n) is 2.58. The van der Waals surface area contributed by atoms with E-state index < -0.39 is 5.97 Å². The van der Waals surface area contributed by atoms with E-state index in [4.69, 9.17) is 4.74 Å². The van der Waals surface area contributed by atoms with E-state index in [-0.39, 0.29) is 24.7 Å². The SMILES string of the molecule is Cc1ccc(OC(=O)c2cccc(N3C(=O)CCC3=O)c2)cc1C. The van der Waals surface area contributed by atoms with E-state index in [2.05, 4.69) is 0 Å². The van der Waals surface area contributed by atoms with Gasteiger partial charge in [-0.1, -0.05) is 12.1 Å². The smallest absolute Gasteiger partial charge is 0.343 e. The molecule has 5 nitrogen and oxygen atoms in total. The molecule has 0 saturated carbocycles. The van der Waals surface area contributed by atoms with Crippen molar-refractivity contribution in [3.63, 3.8) is 0 Å². The minimum atomic E-state index is -0.529. The summed E-state index contributed by atoms with van der Waals surface area (Å²) in [6.07, 6.45) is 0.409. The van der Waals surface area contributed by atoms with Gasteiger partial charge in [0.2, 0.25) is 11.8 Å². The van der Waals surface area contributed by atoms with Gasteiger partial charge in [-0.2, -0.15) is 0 Å². The van der Waals surface area contributed by atoms with E-state index in [1.165, 1.54) is 6.07 Å². The van der Waals surface area contributed by atoms with Crippen molar-refractivity contribution in [1.82, 2.24) is 0 Å². The number of carbonyl (C=O) groups excluding carboxylic acids is 3. The number of aryl methyl sites for hydroxylation is 2. The molecule has 5 heteroatoms. The Hall–Kier alpha value is -2.95. The zero-order valence-corrected chi connectivity index (χ0v) is 13.5. The van der Waals surface area contributed by atoms with Crippen LogP contribution in [-0.2, 0) is 9.59 Å². The first-order valence-electron chi connectivity index (χ1n) is 7.71. The molecule has 1 heterocycles. The number of anilines is 1. The van der Waals surface area contributed by atoms with Crippen molar-refractivity contribution in [1.29, 1.82) is 0 Å². The van der Waals surface area contributed by atoms with E-state index in [1.54, 1.807) is 30.3 Å². The van der Waals surface area contributed by atoms with Crippen LogP contribution >= 0.6 is 0 Å². The minimum absolute atomic E-state index is 0.205. The quantitative estimate of drug-likeness (QED) is 0.494. The average molecular weight is 323 g/mol. The number of rotatable bonds is 3. The van der Waals surface area contributed by atoms with Gasteiger partial charge in [-0.15, -0.1) is 0 Å². The van der Waals surface area contributed by atoms with Gasteiger partial charge in [0, 0.05) is 12.8 Å². The van der Waals surface area contributed by atoms with Gasteiger partial charge in [-0.25, -0.2) is 4.79 Å². The second-order valence-corrected chi connectivity index (χ2v) is 5.81. The molecule has 0 bridgehead atoms. The van der Waals surface area contributed by atoms with Crippen molar-refractivity contribution >= 4 is 23.5 Å². The Kier molecular flexibility index (Phi) is 4.16. The highest BCUT2D eigenvalue weighted by Crippen LogP contribution is 2.24.